The van der Waals surface area contributed by atoms with Crippen LogP contribution in [0.3, 0.4) is 0 Å². The fourth-order valence-corrected chi connectivity index (χ4v) is 11.2. The quantitative estimate of drug-likeness (QED) is 0.147. The number of allylic oxidation sites excluding steroid dienone is 2. The van der Waals surface area contributed by atoms with E-state index in [1.807, 2.05) is 59.2 Å². The standard InChI is InChI=1S/C46H57N5O7S2/c1-29(2)39-28-59-43(48-39)38-24-41(37-18-19-40(57-5)30(3)42(37)47-38)58-35-23-33-20-21-46(44(52)49-60(54,55)36-16-17-36)25-32(46)11-9-7-6-8-10-22-50(45(53)51(33)27-35)26-31-12-14-34(56-4)15-13-31/h9,11-15,18-19,24,28-29,32-33,35-36H,6-8,10,16-17,20-23,25-27H2,1-5H3,(H,49,52)/b11-9-/t32-,33-,35-,46+/m1/s1. The molecule has 4 aliphatic rings. The highest BCUT2D eigenvalue weighted by molar-refractivity contribution is 7.90. The first-order valence-electron chi connectivity index (χ1n) is 21.4. The Bertz CT molecular complexity index is 2360. The largest absolute Gasteiger partial charge is 0.497 e. The van der Waals surface area contributed by atoms with Gasteiger partial charge in [-0.2, -0.15) is 0 Å². The van der Waals surface area contributed by atoms with Crippen LogP contribution in [-0.2, 0) is 21.4 Å². The van der Waals surface area contributed by atoms with Crippen molar-refractivity contribution < 1.29 is 32.2 Å². The van der Waals surface area contributed by atoms with Gasteiger partial charge in [-0.3, -0.25) is 9.52 Å². The molecule has 2 aliphatic carbocycles. The highest BCUT2D eigenvalue weighted by Crippen LogP contribution is 2.58. The van der Waals surface area contributed by atoms with Crippen molar-refractivity contribution >= 4 is 44.2 Å². The van der Waals surface area contributed by atoms with E-state index in [4.69, 9.17) is 24.2 Å². The number of carbonyl (C=O) groups excluding carboxylic acids is 2. The molecule has 2 saturated carbocycles. The summed E-state index contributed by atoms with van der Waals surface area (Å²) in [7, 11) is -0.423. The van der Waals surface area contributed by atoms with Gasteiger partial charge in [0.1, 0.15) is 34.1 Å². The Kier molecular flexibility index (Phi) is 12.2. The van der Waals surface area contributed by atoms with Crippen LogP contribution in [0, 0.1) is 18.3 Å². The summed E-state index contributed by atoms with van der Waals surface area (Å²) in [6.45, 7) is 7.63. The Hall–Kier alpha value is -4.69. The molecule has 8 rings (SSSR count). The van der Waals surface area contributed by atoms with Gasteiger partial charge in [0.2, 0.25) is 15.9 Å². The monoisotopic (exact) mass is 855 g/mol. The third-order valence-corrected chi connectivity index (χ3v) is 15.5. The number of sulfonamides is 1. The number of pyridine rings is 1. The second-order valence-electron chi connectivity index (χ2n) is 17.3. The molecule has 320 valence electrons. The molecule has 0 radical (unpaired) electrons. The van der Waals surface area contributed by atoms with Gasteiger partial charge in [0.15, 0.2) is 0 Å². The zero-order valence-corrected chi connectivity index (χ0v) is 36.9. The Balaban J connectivity index is 1.13. The van der Waals surface area contributed by atoms with E-state index < -0.39 is 26.6 Å². The van der Waals surface area contributed by atoms with Crippen LogP contribution in [0.1, 0.15) is 101 Å². The van der Waals surface area contributed by atoms with Crippen LogP contribution in [0.2, 0.25) is 0 Å². The van der Waals surface area contributed by atoms with Crippen molar-refractivity contribution in [2.45, 2.75) is 115 Å². The van der Waals surface area contributed by atoms with E-state index in [1.165, 1.54) is 0 Å². The molecule has 4 atom stereocenters. The molecule has 12 nitrogen and oxygen atoms in total. The van der Waals surface area contributed by atoms with Gasteiger partial charge in [0.05, 0.1) is 42.6 Å². The third kappa shape index (κ3) is 8.86. The van der Waals surface area contributed by atoms with E-state index in [2.05, 4.69) is 36.1 Å². The van der Waals surface area contributed by atoms with E-state index >= 15 is 0 Å². The van der Waals surface area contributed by atoms with Crippen molar-refractivity contribution in [3.63, 3.8) is 0 Å². The molecule has 14 heteroatoms. The normalized spacial score (nSPS) is 24.3. The number of aromatic nitrogens is 2. The summed E-state index contributed by atoms with van der Waals surface area (Å²) < 4.78 is 46.6. The molecular weight excluding hydrogens is 799 g/mol. The number of hydrogen-bond donors (Lipinski definition) is 1. The molecule has 0 unspecified atom stereocenters. The topological polar surface area (TPSA) is 140 Å². The fraction of sp³-hybridized carbons (Fsp3) is 0.522. The minimum Gasteiger partial charge on any atom is -0.497 e. The van der Waals surface area contributed by atoms with E-state index in [0.717, 1.165) is 69.9 Å². The molecule has 4 aromatic rings. The number of ether oxygens (including phenoxy) is 3. The number of aryl methyl sites for hydroxylation is 1. The minimum atomic E-state index is -3.72. The predicted molar refractivity (Wildman–Crippen MR) is 234 cm³/mol. The van der Waals surface area contributed by atoms with Gasteiger partial charge in [0.25, 0.3) is 0 Å². The number of benzene rings is 2. The van der Waals surface area contributed by atoms with E-state index in [0.29, 0.717) is 69.6 Å². The molecule has 4 heterocycles. The number of methoxy groups -OCH3 is 2. The molecule has 1 saturated heterocycles. The van der Waals surface area contributed by atoms with Gasteiger partial charge >= 0.3 is 6.03 Å². The Morgan fingerprint density at radius 3 is 2.53 bits per heavy atom. The SMILES string of the molecule is COc1ccc(CN2CCCCC/C=C\[C@@H]3C[C@@]3(C(=O)NS(=O)(=O)C3CC3)CC[C@@H]3C[C@@H](Oc4cc(-c5nc(C(C)C)cs5)nc5c(C)c(OC)ccc45)CN3C2=O)cc1. The molecule has 0 spiro atoms. The first-order chi connectivity index (χ1) is 28.9. The molecular formula is C46H57N5O7S2. The lowest BCUT2D eigenvalue weighted by atomic mass is 9.92. The number of thiazole rings is 1. The molecule has 3 fully saturated rings. The first-order valence-corrected chi connectivity index (χ1v) is 23.8. The average molecular weight is 856 g/mol. The van der Waals surface area contributed by atoms with Crippen molar-refractivity contribution in [1.29, 1.82) is 0 Å². The molecule has 2 aromatic heterocycles. The van der Waals surface area contributed by atoms with Crippen LogP contribution in [0.25, 0.3) is 21.6 Å². The lowest BCUT2D eigenvalue weighted by Gasteiger charge is -2.32. The van der Waals surface area contributed by atoms with E-state index in [1.54, 1.807) is 25.6 Å². The van der Waals surface area contributed by atoms with Crippen LogP contribution >= 0.6 is 11.3 Å². The Labute approximate surface area is 357 Å². The summed E-state index contributed by atoms with van der Waals surface area (Å²) in [5.41, 5.74) is 3.54. The zero-order valence-electron chi connectivity index (χ0n) is 35.3. The van der Waals surface area contributed by atoms with Gasteiger partial charge in [-0.05, 0) is 100.0 Å². The molecule has 2 aliphatic heterocycles. The van der Waals surface area contributed by atoms with Crippen molar-refractivity contribution in [2.75, 3.05) is 27.3 Å². The Morgan fingerprint density at radius 2 is 1.82 bits per heavy atom. The number of nitrogens with one attached hydrogen (secondary N) is 1. The molecule has 0 bridgehead atoms. The number of amides is 3. The fourth-order valence-electron chi connectivity index (χ4n) is 8.86. The molecule has 2 aromatic carbocycles. The highest BCUT2D eigenvalue weighted by Gasteiger charge is 2.59. The second kappa shape index (κ2) is 17.4. The number of rotatable bonds is 11. The third-order valence-electron chi connectivity index (χ3n) is 12.8. The summed E-state index contributed by atoms with van der Waals surface area (Å²) in [4.78, 5) is 42.9. The lowest BCUT2D eigenvalue weighted by molar-refractivity contribution is -0.125. The maximum atomic E-state index is 15.0. The number of nitrogens with zero attached hydrogens (tertiary/aromatic N) is 4. The van der Waals surface area contributed by atoms with Gasteiger partial charge in [-0.15, -0.1) is 11.3 Å². The van der Waals surface area contributed by atoms with Crippen LogP contribution in [0.4, 0.5) is 4.79 Å². The van der Waals surface area contributed by atoms with Gasteiger partial charge in [0, 0.05) is 47.9 Å². The summed E-state index contributed by atoms with van der Waals surface area (Å²) in [6, 6.07) is 13.4. The van der Waals surface area contributed by atoms with Crippen LogP contribution in [0.15, 0.2) is 60.0 Å². The number of hydrogen-bond acceptors (Lipinski definition) is 10. The van der Waals surface area contributed by atoms with Crippen LogP contribution < -0.4 is 18.9 Å². The minimum absolute atomic E-state index is 0.0508. The average Bonchev–Trinajstić information content (AvgIpc) is 4.12. The van der Waals surface area contributed by atoms with Crippen molar-refractivity contribution in [2.24, 2.45) is 11.3 Å². The number of carbonyl (C=O) groups is 2. The summed E-state index contributed by atoms with van der Waals surface area (Å²) >= 11 is 1.56. The van der Waals surface area contributed by atoms with Gasteiger partial charge < -0.3 is 24.0 Å². The first kappa shape index (κ1) is 42.0. The highest BCUT2D eigenvalue weighted by atomic mass is 32.2. The summed E-state index contributed by atoms with van der Waals surface area (Å²) in [6.07, 6.45) is 10.8. The van der Waals surface area contributed by atoms with Gasteiger partial charge in [-0.25, -0.2) is 23.2 Å². The van der Waals surface area contributed by atoms with Crippen molar-refractivity contribution in [3.05, 3.63) is 76.8 Å². The van der Waals surface area contributed by atoms with Crippen LogP contribution in [0.5, 0.6) is 17.2 Å². The van der Waals surface area contributed by atoms with E-state index in [9.17, 15) is 18.0 Å². The van der Waals surface area contributed by atoms with Crippen molar-refractivity contribution in [3.8, 4) is 28.0 Å². The number of urea groups is 1. The Morgan fingerprint density at radius 1 is 1.02 bits per heavy atom. The number of fused-ring (bicyclic) bond motifs is 3. The van der Waals surface area contributed by atoms with Crippen LogP contribution in [-0.4, -0.2) is 84.8 Å². The summed E-state index contributed by atoms with van der Waals surface area (Å²) in [5, 5.41) is 3.23. The zero-order chi connectivity index (χ0) is 42.2. The molecule has 3 amide bonds. The predicted octanol–water partition coefficient (Wildman–Crippen LogP) is 8.78. The molecule has 1 N–H and O–H groups in total. The maximum absolute atomic E-state index is 15.0. The summed E-state index contributed by atoms with van der Waals surface area (Å²) in [5.74, 6) is 1.95. The second-order valence-corrected chi connectivity index (χ2v) is 20.1. The van der Waals surface area contributed by atoms with Gasteiger partial charge in [-0.1, -0.05) is 44.6 Å². The van der Waals surface area contributed by atoms with E-state index in [-0.39, 0.29) is 30.0 Å². The maximum Gasteiger partial charge on any atom is 0.320 e. The molecule has 60 heavy (non-hydrogen) atoms. The smallest absolute Gasteiger partial charge is 0.320 e. The lowest BCUT2D eigenvalue weighted by Crippen LogP contribution is -2.46. The van der Waals surface area contributed by atoms with Crippen molar-refractivity contribution in [1.82, 2.24) is 24.5 Å².